The Morgan fingerprint density at radius 2 is 2.33 bits per heavy atom. The van der Waals surface area contributed by atoms with Crippen molar-refractivity contribution < 1.29 is 9.53 Å². The van der Waals surface area contributed by atoms with Gasteiger partial charge in [-0.05, 0) is 13.0 Å². The zero-order valence-corrected chi connectivity index (χ0v) is 10.9. The summed E-state index contributed by atoms with van der Waals surface area (Å²) in [5.41, 5.74) is 0.878. The predicted octanol–water partition coefficient (Wildman–Crippen LogP) is -0.0705. The third-order valence-corrected chi connectivity index (χ3v) is 3.30. The fourth-order valence-corrected chi connectivity index (χ4v) is 2.32. The molecule has 1 saturated heterocycles. The number of carbonyl (C=O) groups excluding carboxylic acids is 1. The zero-order valence-electron chi connectivity index (χ0n) is 10.9. The van der Waals surface area contributed by atoms with Gasteiger partial charge in [-0.1, -0.05) is 0 Å². The van der Waals surface area contributed by atoms with Crippen LogP contribution >= 0.6 is 0 Å². The van der Waals surface area contributed by atoms with Gasteiger partial charge >= 0.3 is 5.97 Å². The molecule has 0 bridgehead atoms. The van der Waals surface area contributed by atoms with Crippen molar-refractivity contribution in [3.05, 3.63) is 18.2 Å². The van der Waals surface area contributed by atoms with Crippen LogP contribution in [0.2, 0.25) is 0 Å². The topological polar surface area (TPSA) is 59.4 Å². The first-order valence-corrected chi connectivity index (χ1v) is 6.23. The maximum atomic E-state index is 12.0. The molecule has 0 radical (unpaired) electrons. The molecular formula is C12H20N4O2. The summed E-state index contributed by atoms with van der Waals surface area (Å²) < 4.78 is 6.82. The molecule has 2 heterocycles. The molecule has 1 aromatic heterocycles. The molecule has 0 saturated carbocycles. The number of carbonyl (C=O) groups is 1. The molecule has 0 spiro atoms. The van der Waals surface area contributed by atoms with Crippen LogP contribution in [0.15, 0.2) is 12.5 Å². The Kier molecular flexibility index (Phi) is 4.33. The Labute approximate surface area is 107 Å². The second kappa shape index (κ2) is 5.97. The number of aromatic nitrogens is 2. The first kappa shape index (κ1) is 13.0. The van der Waals surface area contributed by atoms with Crippen LogP contribution in [-0.2, 0) is 16.6 Å². The molecule has 6 heteroatoms. The summed E-state index contributed by atoms with van der Waals surface area (Å²) in [6, 6.07) is -0.359. The van der Waals surface area contributed by atoms with E-state index >= 15 is 0 Å². The normalized spacial score (nSPS) is 19.2. The standard InChI is InChI=1S/C12H20N4O2/c1-15-9-14-8-10(15)11(12(17)18-2)16-6-3-4-13-5-7-16/h8-9,11,13H,3-7H2,1-2H3. The van der Waals surface area contributed by atoms with Gasteiger partial charge in [0.05, 0.1) is 25.3 Å². The van der Waals surface area contributed by atoms with Crippen LogP contribution in [0.3, 0.4) is 0 Å². The molecule has 1 atom stereocenters. The molecule has 0 aliphatic carbocycles. The molecule has 100 valence electrons. The molecule has 2 rings (SSSR count). The third-order valence-electron chi connectivity index (χ3n) is 3.30. The van der Waals surface area contributed by atoms with Crippen molar-refractivity contribution in [1.82, 2.24) is 19.8 Å². The van der Waals surface area contributed by atoms with Gasteiger partial charge in [0.25, 0.3) is 0 Å². The molecule has 18 heavy (non-hydrogen) atoms. The van der Waals surface area contributed by atoms with Gasteiger partial charge < -0.3 is 14.6 Å². The van der Waals surface area contributed by atoms with Crippen molar-refractivity contribution in [2.24, 2.45) is 7.05 Å². The van der Waals surface area contributed by atoms with E-state index in [-0.39, 0.29) is 12.0 Å². The molecular weight excluding hydrogens is 232 g/mol. The van der Waals surface area contributed by atoms with Crippen molar-refractivity contribution in [3.63, 3.8) is 0 Å². The number of aryl methyl sites for hydroxylation is 1. The van der Waals surface area contributed by atoms with E-state index in [4.69, 9.17) is 4.74 Å². The molecule has 1 aliphatic heterocycles. The number of esters is 1. The van der Waals surface area contributed by atoms with Gasteiger partial charge in [0, 0.05) is 26.7 Å². The summed E-state index contributed by atoms with van der Waals surface area (Å²) in [5, 5.41) is 3.33. The number of hydrogen-bond acceptors (Lipinski definition) is 5. The van der Waals surface area contributed by atoms with E-state index in [1.807, 2.05) is 11.6 Å². The lowest BCUT2D eigenvalue weighted by atomic mass is 10.1. The van der Waals surface area contributed by atoms with Crippen LogP contribution in [0.1, 0.15) is 18.2 Å². The van der Waals surface area contributed by atoms with E-state index in [1.54, 1.807) is 12.5 Å². The average Bonchev–Trinajstić information content (AvgIpc) is 2.65. The smallest absolute Gasteiger partial charge is 0.329 e. The van der Waals surface area contributed by atoms with Crippen LogP contribution in [0, 0.1) is 0 Å². The average molecular weight is 252 g/mol. The largest absolute Gasteiger partial charge is 0.468 e. The van der Waals surface area contributed by atoms with Crippen LogP contribution in [0.5, 0.6) is 0 Å². The molecule has 1 aliphatic rings. The Morgan fingerprint density at radius 1 is 1.50 bits per heavy atom. The van der Waals surface area contributed by atoms with E-state index in [0.29, 0.717) is 0 Å². The lowest BCUT2D eigenvalue weighted by Crippen LogP contribution is -2.38. The fourth-order valence-electron chi connectivity index (χ4n) is 2.32. The van der Waals surface area contributed by atoms with Gasteiger partial charge in [-0.3, -0.25) is 4.90 Å². The van der Waals surface area contributed by atoms with E-state index in [0.717, 1.165) is 38.3 Å². The predicted molar refractivity (Wildman–Crippen MR) is 67.0 cm³/mol. The molecule has 1 unspecified atom stereocenters. The Bertz CT molecular complexity index is 397. The van der Waals surface area contributed by atoms with Crippen molar-refractivity contribution in [3.8, 4) is 0 Å². The van der Waals surface area contributed by atoms with Gasteiger partial charge in [0.15, 0.2) is 6.04 Å². The minimum Gasteiger partial charge on any atom is -0.468 e. The fraction of sp³-hybridized carbons (Fsp3) is 0.667. The van der Waals surface area contributed by atoms with Crippen LogP contribution in [0.25, 0.3) is 0 Å². The van der Waals surface area contributed by atoms with Crippen LogP contribution in [0.4, 0.5) is 0 Å². The summed E-state index contributed by atoms with van der Waals surface area (Å²) >= 11 is 0. The molecule has 1 fully saturated rings. The monoisotopic (exact) mass is 252 g/mol. The lowest BCUT2D eigenvalue weighted by molar-refractivity contribution is -0.147. The number of ether oxygens (including phenoxy) is 1. The quantitative estimate of drug-likeness (QED) is 0.763. The molecule has 6 nitrogen and oxygen atoms in total. The Hall–Kier alpha value is -1.40. The third kappa shape index (κ3) is 2.70. The number of imidazole rings is 1. The number of methoxy groups -OCH3 is 1. The second-order valence-corrected chi connectivity index (χ2v) is 4.49. The first-order valence-electron chi connectivity index (χ1n) is 6.23. The van der Waals surface area contributed by atoms with Crippen molar-refractivity contribution in [1.29, 1.82) is 0 Å². The van der Waals surface area contributed by atoms with Crippen molar-refractivity contribution in [2.45, 2.75) is 12.5 Å². The van der Waals surface area contributed by atoms with E-state index in [9.17, 15) is 4.79 Å². The van der Waals surface area contributed by atoms with Gasteiger partial charge in [0.1, 0.15) is 0 Å². The van der Waals surface area contributed by atoms with E-state index in [1.165, 1.54) is 7.11 Å². The van der Waals surface area contributed by atoms with Gasteiger partial charge in [-0.2, -0.15) is 0 Å². The highest BCUT2D eigenvalue weighted by Gasteiger charge is 2.30. The highest BCUT2D eigenvalue weighted by atomic mass is 16.5. The number of nitrogens with zero attached hydrogens (tertiary/aromatic N) is 3. The minimum absolute atomic E-state index is 0.222. The minimum atomic E-state index is -0.359. The lowest BCUT2D eigenvalue weighted by Gasteiger charge is -2.28. The maximum absolute atomic E-state index is 12.0. The second-order valence-electron chi connectivity index (χ2n) is 4.49. The van der Waals surface area contributed by atoms with Gasteiger partial charge in [0.2, 0.25) is 0 Å². The summed E-state index contributed by atoms with van der Waals surface area (Å²) in [6.45, 7) is 3.62. The highest BCUT2D eigenvalue weighted by molar-refractivity contribution is 5.77. The number of hydrogen-bond donors (Lipinski definition) is 1. The summed E-state index contributed by atoms with van der Waals surface area (Å²) in [4.78, 5) is 18.3. The van der Waals surface area contributed by atoms with Gasteiger partial charge in [-0.25, -0.2) is 9.78 Å². The zero-order chi connectivity index (χ0) is 13.0. The summed E-state index contributed by atoms with van der Waals surface area (Å²) in [7, 11) is 3.33. The van der Waals surface area contributed by atoms with E-state index < -0.39 is 0 Å². The van der Waals surface area contributed by atoms with Crippen molar-refractivity contribution >= 4 is 5.97 Å². The molecule has 1 aromatic rings. The Balaban J connectivity index is 2.24. The number of rotatable bonds is 3. The van der Waals surface area contributed by atoms with Gasteiger partial charge in [-0.15, -0.1) is 0 Å². The SMILES string of the molecule is COC(=O)C(c1cncn1C)N1CCCNCC1. The Morgan fingerprint density at radius 3 is 3.00 bits per heavy atom. The summed E-state index contributed by atoms with van der Waals surface area (Å²) in [6.07, 6.45) is 4.48. The molecule has 0 amide bonds. The number of nitrogens with one attached hydrogen (secondary N) is 1. The van der Waals surface area contributed by atoms with E-state index in [2.05, 4.69) is 15.2 Å². The first-order chi connectivity index (χ1) is 8.74. The van der Waals surface area contributed by atoms with Crippen LogP contribution in [-0.4, -0.2) is 53.7 Å². The highest BCUT2D eigenvalue weighted by Crippen LogP contribution is 2.22. The maximum Gasteiger partial charge on any atom is 0.329 e. The van der Waals surface area contributed by atoms with Crippen molar-refractivity contribution in [2.75, 3.05) is 33.3 Å². The van der Waals surface area contributed by atoms with Crippen LogP contribution < -0.4 is 5.32 Å². The molecule has 1 N–H and O–H groups in total. The summed E-state index contributed by atoms with van der Waals surface area (Å²) in [5.74, 6) is -0.222. The molecule has 0 aromatic carbocycles.